The molecule has 0 bridgehead atoms. The van der Waals surface area contributed by atoms with Crippen LogP contribution in [0.25, 0.3) is 0 Å². The van der Waals surface area contributed by atoms with Crippen molar-refractivity contribution in [3.63, 3.8) is 0 Å². The second kappa shape index (κ2) is 14.5. The Labute approximate surface area is 278 Å². The summed E-state index contributed by atoms with van der Waals surface area (Å²) >= 11 is 9.53. The predicted molar refractivity (Wildman–Crippen MR) is 200 cm³/mol. The molecule has 0 spiro atoms. The number of benzene rings is 5. The van der Waals surface area contributed by atoms with Crippen molar-refractivity contribution in [2.24, 2.45) is 4.99 Å². The Morgan fingerprint density at radius 2 is 1.00 bits per heavy atom. The maximum Gasteiger partial charge on any atom is 0.174 e. The SMILES string of the molecule is CC(C)(C)N1CC(=Nc2ccccc2)C(P(=O)(c2ccccc2)c2ccccc2)=P1(c1ccccc1)c1ccccc1.ClCCl. The molecule has 0 N–H and O–H groups in total. The highest BCUT2D eigenvalue weighted by Crippen LogP contribution is 2.66. The first-order valence-electron chi connectivity index (χ1n) is 14.9. The van der Waals surface area contributed by atoms with Crippen molar-refractivity contribution in [3.05, 3.63) is 152 Å². The molecule has 0 fully saturated rings. The summed E-state index contributed by atoms with van der Waals surface area (Å²) in [7, 11) is -6.11. The van der Waals surface area contributed by atoms with E-state index in [1.54, 1.807) is 0 Å². The number of hydrogen-bond acceptors (Lipinski definition) is 3. The molecule has 3 nitrogen and oxygen atoms in total. The van der Waals surface area contributed by atoms with Gasteiger partial charge in [-0.05, 0) is 43.5 Å². The van der Waals surface area contributed by atoms with E-state index in [1.807, 2.05) is 91.0 Å². The van der Waals surface area contributed by atoms with Crippen LogP contribution in [0.4, 0.5) is 5.69 Å². The molecular formula is C38H38Cl2N2OP2. The zero-order chi connectivity index (χ0) is 31.9. The second-order valence-electron chi connectivity index (χ2n) is 11.6. The quantitative estimate of drug-likeness (QED) is 0.133. The molecule has 0 aromatic heterocycles. The first-order valence-corrected chi connectivity index (χ1v) is 19.4. The van der Waals surface area contributed by atoms with Crippen LogP contribution in [0.15, 0.2) is 157 Å². The third kappa shape index (κ3) is 6.57. The molecular weight excluding hydrogens is 633 g/mol. The Kier molecular flexibility index (Phi) is 10.7. The highest BCUT2D eigenvalue weighted by Gasteiger charge is 2.52. The maximum atomic E-state index is 16.5. The average molecular weight is 672 g/mol. The summed E-state index contributed by atoms with van der Waals surface area (Å²) in [4.78, 5) is 5.36. The summed E-state index contributed by atoms with van der Waals surface area (Å²) in [5.74, 6) is 0. The molecule has 0 unspecified atom stereocenters. The second-order valence-corrected chi connectivity index (χ2v) is 18.7. The van der Waals surface area contributed by atoms with E-state index in [-0.39, 0.29) is 10.9 Å². The summed E-state index contributed by atoms with van der Waals surface area (Å²) < 4.78 is 19.1. The molecule has 7 heteroatoms. The Hall–Kier alpha value is -3.16. The molecule has 0 radical (unpaired) electrons. The minimum absolute atomic E-state index is 0.194. The molecule has 0 atom stereocenters. The number of alkyl halides is 2. The fourth-order valence-corrected chi connectivity index (χ4v) is 16.4. The molecule has 1 heterocycles. The molecule has 5 aromatic carbocycles. The zero-order valence-electron chi connectivity index (χ0n) is 25.8. The van der Waals surface area contributed by atoms with E-state index >= 15 is 4.57 Å². The van der Waals surface area contributed by atoms with Gasteiger partial charge in [-0.25, -0.2) is 0 Å². The lowest BCUT2D eigenvalue weighted by Gasteiger charge is -2.44. The van der Waals surface area contributed by atoms with Gasteiger partial charge in [0.25, 0.3) is 0 Å². The molecule has 0 aliphatic carbocycles. The van der Waals surface area contributed by atoms with Crippen LogP contribution in [-0.2, 0) is 4.57 Å². The topological polar surface area (TPSA) is 32.7 Å². The van der Waals surface area contributed by atoms with Crippen LogP contribution in [0.2, 0.25) is 0 Å². The number of hydrogen-bond donors (Lipinski definition) is 0. The molecule has 6 rings (SSSR count). The predicted octanol–water partition coefficient (Wildman–Crippen LogP) is 9.02. The van der Waals surface area contributed by atoms with Crippen molar-refractivity contribution < 1.29 is 4.57 Å². The number of nitrogens with zero attached hydrogens (tertiary/aromatic N) is 2. The highest BCUT2D eigenvalue weighted by molar-refractivity contribution is 8.11. The van der Waals surface area contributed by atoms with Gasteiger partial charge < -0.3 is 4.57 Å². The van der Waals surface area contributed by atoms with Crippen molar-refractivity contribution in [1.82, 2.24) is 4.67 Å². The Bertz CT molecular complexity index is 1740. The lowest BCUT2D eigenvalue weighted by molar-refractivity contribution is 0.297. The van der Waals surface area contributed by atoms with Gasteiger partial charge in [0.1, 0.15) is 0 Å². The third-order valence-corrected chi connectivity index (χ3v) is 16.9. The van der Waals surface area contributed by atoms with E-state index < -0.39 is 14.2 Å². The summed E-state index contributed by atoms with van der Waals surface area (Å²) in [6, 6.07) is 51.7. The van der Waals surface area contributed by atoms with E-state index in [2.05, 4.69) is 86.1 Å². The lowest BCUT2D eigenvalue weighted by atomic mass is 10.1. The van der Waals surface area contributed by atoms with E-state index in [9.17, 15) is 0 Å². The van der Waals surface area contributed by atoms with Crippen molar-refractivity contribution in [2.75, 3.05) is 11.9 Å². The first-order chi connectivity index (χ1) is 21.8. The minimum atomic E-state index is -3.43. The fraction of sp³-hybridized carbons (Fsp3) is 0.158. The minimum Gasteiger partial charge on any atom is -0.308 e. The molecule has 1 aliphatic heterocycles. The fourth-order valence-electron chi connectivity index (χ4n) is 6.07. The molecule has 0 saturated carbocycles. The van der Waals surface area contributed by atoms with Crippen LogP contribution in [0, 0.1) is 0 Å². The Morgan fingerprint density at radius 1 is 0.644 bits per heavy atom. The van der Waals surface area contributed by atoms with E-state index in [0.717, 1.165) is 27.0 Å². The standard InChI is InChI=1S/C37H36N2OP2.CH2Cl2/c1-37(2,3)39-29-35(38-30-19-9-4-10-20-30)36(41(39,31-21-11-5-12-22-31)32-23-13-6-14-24-32)42(40,33-25-15-7-16-26-33)34-27-17-8-18-28-34;2-1-3/h4-28H,29H2,1-3H3;1H2. The summed E-state index contributed by atoms with van der Waals surface area (Å²) in [6.07, 6.45) is 0. The van der Waals surface area contributed by atoms with Gasteiger partial charge in [0.05, 0.1) is 21.8 Å². The highest BCUT2D eigenvalue weighted by atomic mass is 35.5. The van der Waals surface area contributed by atoms with Gasteiger partial charge in [0.2, 0.25) is 0 Å². The Balaban J connectivity index is 0.00000128. The van der Waals surface area contributed by atoms with Gasteiger partial charge in [0, 0.05) is 29.7 Å². The first kappa shape index (κ1) is 33.2. The average Bonchev–Trinajstić information content (AvgIpc) is 3.43. The number of rotatable bonds is 6. The number of aliphatic imine (C=N–C) groups is 1. The van der Waals surface area contributed by atoms with Crippen molar-refractivity contribution in [3.8, 4) is 0 Å². The van der Waals surface area contributed by atoms with Gasteiger partial charge in [0.15, 0.2) is 7.14 Å². The number of para-hydroxylation sites is 1. The molecule has 230 valence electrons. The van der Waals surface area contributed by atoms with Crippen LogP contribution in [0.5, 0.6) is 0 Å². The molecule has 0 amide bonds. The smallest absolute Gasteiger partial charge is 0.174 e. The van der Waals surface area contributed by atoms with Gasteiger partial charge in [-0.1, -0.05) is 140 Å². The van der Waals surface area contributed by atoms with Gasteiger partial charge >= 0.3 is 0 Å². The molecule has 5 aromatic rings. The van der Waals surface area contributed by atoms with Crippen molar-refractivity contribution in [2.45, 2.75) is 26.3 Å². The van der Waals surface area contributed by atoms with Crippen LogP contribution < -0.4 is 21.2 Å². The van der Waals surface area contributed by atoms with E-state index in [0.29, 0.717) is 6.54 Å². The molecule has 45 heavy (non-hydrogen) atoms. The lowest BCUT2D eigenvalue weighted by Crippen LogP contribution is -2.43. The third-order valence-electron chi connectivity index (χ3n) is 7.82. The van der Waals surface area contributed by atoms with Crippen LogP contribution in [-0.4, -0.2) is 32.8 Å². The van der Waals surface area contributed by atoms with Crippen LogP contribution in [0.3, 0.4) is 0 Å². The van der Waals surface area contributed by atoms with Gasteiger partial charge in [-0.2, -0.15) is 0 Å². The monoisotopic (exact) mass is 670 g/mol. The largest absolute Gasteiger partial charge is 0.308 e. The zero-order valence-corrected chi connectivity index (χ0v) is 29.1. The van der Waals surface area contributed by atoms with Crippen molar-refractivity contribution in [1.29, 1.82) is 0 Å². The summed E-state index contributed by atoms with van der Waals surface area (Å²) in [5.41, 5.74) is 1.51. The molecule has 0 saturated heterocycles. The van der Waals surface area contributed by atoms with Gasteiger partial charge in [-0.3, -0.25) is 9.66 Å². The number of halogens is 2. The van der Waals surface area contributed by atoms with Gasteiger partial charge in [-0.15, -0.1) is 23.2 Å². The normalized spacial score (nSPS) is 15.8. The van der Waals surface area contributed by atoms with E-state index in [4.69, 9.17) is 28.2 Å². The van der Waals surface area contributed by atoms with Crippen LogP contribution >= 0.6 is 37.4 Å². The van der Waals surface area contributed by atoms with Crippen LogP contribution in [0.1, 0.15) is 20.8 Å². The summed E-state index contributed by atoms with van der Waals surface area (Å²) in [5, 5.41) is 5.19. The summed E-state index contributed by atoms with van der Waals surface area (Å²) in [6.45, 7) is 7.40. The van der Waals surface area contributed by atoms with Crippen molar-refractivity contribution >= 4 is 75.0 Å². The Morgan fingerprint density at radius 3 is 1.38 bits per heavy atom. The maximum absolute atomic E-state index is 16.5. The molecule has 1 aliphatic rings. The van der Waals surface area contributed by atoms with E-state index in [1.165, 1.54) is 10.6 Å².